The summed E-state index contributed by atoms with van der Waals surface area (Å²) in [6.07, 6.45) is 6.44. The van der Waals surface area contributed by atoms with Crippen LogP contribution in [0.25, 0.3) is 6.08 Å². The highest BCUT2D eigenvalue weighted by Gasteiger charge is 2.10. The minimum Gasteiger partial charge on any atom is -0.312 e. The molecule has 15 heavy (non-hydrogen) atoms. The Morgan fingerprint density at radius 3 is 3.20 bits per heavy atom. The van der Waals surface area contributed by atoms with E-state index in [0.717, 1.165) is 25.9 Å². The molecule has 0 radical (unpaired) electrons. The fourth-order valence-corrected chi connectivity index (χ4v) is 2.12. The van der Waals surface area contributed by atoms with Gasteiger partial charge < -0.3 is 5.32 Å². The number of nitrogens with one attached hydrogen (secondary N) is 1. The fourth-order valence-electron chi connectivity index (χ4n) is 1.99. The lowest BCUT2D eigenvalue weighted by molar-refractivity contribution is 0.643. The standard InChI is InChI=1S/C13H16ClN/c14-8-2-1-4-11-5-3-6-12-10-15-9-7-13(11)12/h1,3-6,15H,2,7-10H2. The molecule has 1 aromatic carbocycles. The first-order valence-electron chi connectivity index (χ1n) is 5.46. The van der Waals surface area contributed by atoms with E-state index in [-0.39, 0.29) is 0 Å². The van der Waals surface area contributed by atoms with Gasteiger partial charge in [0.25, 0.3) is 0 Å². The maximum Gasteiger partial charge on any atom is 0.0258 e. The van der Waals surface area contributed by atoms with Gasteiger partial charge in [0.15, 0.2) is 0 Å². The van der Waals surface area contributed by atoms with Gasteiger partial charge in [0.05, 0.1) is 0 Å². The molecule has 1 aliphatic rings. The van der Waals surface area contributed by atoms with Crippen molar-refractivity contribution in [2.75, 3.05) is 12.4 Å². The molecule has 0 spiro atoms. The SMILES string of the molecule is ClCCC=Cc1cccc2c1CCNC2. The Morgan fingerprint density at radius 1 is 1.40 bits per heavy atom. The maximum absolute atomic E-state index is 5.65. The first-order chi connectivity index (χ1) is 7.42. The average molecular weight is 222 g/mol. The molecule has 0 fully saturated rings. The van der Waals surface area contributed by atoms with Crippen LogP contribution in [0.3, 0.4) is 0 Å². The number of hydrogen-bond donors (Lipinski definition) is 1. The van der Waals surface area contributed by atoms with Crippen molar-refractivity contribution in [2.45, 2.75) is 19.4 Å². The van der Waals surface area contributed by atoms with Gasteiger partial charge in [-0.15, -0.1) is 11.6 Å². The highest BCUT2D eigenvalue weighted by Crippen LogP contribution is 2.19. The van der Waals surface area contributed by atoms with Crippen LogP contribution in [0.4, 0.5) is 0 Å². The van der Waals surface area contributed by atoms with Crippen molar-refractivity contribution < 1.29 is 0 Å². The van der Waals surface area contributed by atoms with Crippen molar-refractivity contribution >= 4 is 17.7 Å². The number of rotatable bonds is 3. The van der Waals surface area contributed by atoms with Crippen LogP contribution in [-0.2, 0) is 13.0 Å². The van der Waals surface area contributed by atoms with Crippen molar-refractivity contribution in [2.24, 2.45) is 0 Å². The van der Waals surface area contributed by atoms with Gasteiger partial charge in [-0.2, -0.15) is 0 Å². The Bertz CT molecular complexity index is 358. The largest absolute Gasteiger partial charge is 0.312 e. The molecule has 0 amide bonds. The first-order valence-corrected chi connectivity index (χ1v) is 5.99. The predicted octanol–water partition coefficient (Wildman–Crippen LogP) is 2.97. The molecule has 0 aromatic heterocycles. The van der Waals surface area contributed by atoms with Gasteiger partial charge in [-0.1, -0.05) is 30.4 Å². The topological polar surface area (TPSA) is 12.0 Å². The van der Waals surface area contributed by atoms with E-state index in [4.69, 9.17) is 11.6 Å². The molecule has 80 valence electrons. The first kappa shape index (κ1) is 10.7. The van der Waals surface area contributed by atoms with E-state index in [2.05, 4.69) is 35.7 Å². The third kappa shape index (κ3) is 2.61. The monoisotopic (exact) mass is 221 g/mol. The van der Waals surface area contributed by atoms with Gasteiger partial charge in [0, 0.05) is 12.4 Å². The van der Waals surface area contributed by atoms with Crippen LogP contribution in [0.1, 0.15) is 23.1 Å². The van der Waals surface area contributed by atoms with Gasteiger partial charge in [-0.05, 0) is 36.1 Å². The predicted molar refractivity (Wildman–Crippen MR) is 66.2 cm³/mol. The molecule has 0 unspecified atom stereocenters. The van der Waals surface area contributed by atoms with E-state index in [1.807, 2.05) is 0 Å². The van der Waals surface area contributed by atoms with E-state index in [1.54, 1.807) is 0 Å². The van der Waals surface area contributed by atoms with Crippen LogP contribution in [0.15, 0.2) is 24.3 Å². The van der Waals surface area contributed by atoms with Crippen LogP contribution in [-0.4, -0.2) is 12.4 Å². The summed E-state index contributed by atoms with van der Waals surface area (Å²) in [7, 11) is 0. The summed E-state index contributed by atoms with van der Waals surface area (Å²) in [5, 5.41) is 3.39. The number of benzene rings is 1. The zero-order valence-electron chi connectivity index (χ0n) is 8.80. The lowest BCUT2D eigenvalue weighted by Gasteiger charge is -2.18. The number of allylic oxidation sites excluding steroid dienone is 1. The van der Waals surface area contributed by atoms with Crippen molar-refractivity contribution in [1.82, 2.24) is 5.32 Å². The second-order valence-corrected chi connectivity index (χ2v) is 4.17. The molecule has 2 rings (SSSR count). The second-order valence-electron chi connectivity index (χ2n) is 3.79. The summed E-state index contributed by atoms with van der Waals surface area (Å²) in [6, 6.07) is 6.53. The number of halogens is 1. The lowest BCUT2D eigenvalue weighted by Crippen LogP contribution is -2.24. The Balaban J connectivity index is 2.23. The zero-order chi connectivity index (χ0) is 10.5. The van der Waals surface area contributed by atoms with Crippen molar-refractivity contribution in [1.29, 1.82) is 0 Å². The Hall–Kier alpha value is -0.790. The third-order valence-corrected chi connectivity index (χ3v) is 2.97. The van der Waals surface area contributed by atoms with Crippen LogP contribution < -0.4 is 5.32 Å². The third-order valence-electron chi connectivity index (χ3n) is 2.75. The molecule has 0 atom stereocenters. The second kappa shape index (κ2) is 5.34. The van der Waals surface area contributed by atoms with Crippen LogP contribution in [0.2, 0.25) is 0 Å². The minimum atomic E-state index is 0.701. The smallest absolute Gasteiger partial charge is 0.0258 e. The average Bonchev–Trinajstić information content (AvgIpc) is 2.30. The van der Waals surface area contributed by atoms with Gasteiger partial charge in [0.1, 0.15) is 0 Å². The molecular weight excluding hydrogens is 206 g/mol. The molecule has 0 bridgehead atoms. The summed E-state index contributed by atoms with van der Waals surface area (Å²) in [5.41, 5.74) is 4.30. The number of hydrogen-bond acceptors (Lipinski definition) is 1. The van der Waals surface area contributed by atoms with E-state index in [0.29, 0.717) is 5.88 Å². The minimum absolute atomic E-state index is 0.701. The quantitative estimate of drug-likeness (QED) is 0.774. The van der Waals surface area contributed by atoms with Gasteiger partial charge >= 0.3 is 0 Å². The molecular formula is C13H16ClN. The van der Waals surface area contributed by atoms with Crippen molar-refractivity contribution in [3.63, 3.8) is 0 Å². The molecule has 1 aromatic rings. The molecule has 1 nitrogen and oxygen atoms in total. The maximum atomic E-state index is 5.65. The number of fused-ring (bicyclic) bond motifs is 1. The Morgan fingerprint density at radius 2 is 2.33 bits per heavy atom. The zero-order valence-corrected chi connectivity index (χ0v) is 9.56. The molecule has 0 saturated carbocycles. The van der Waals surface area contributed by atoms with Crippen LogP contribution in [0.5, 0.6) is 0 Å². The highest BCUT2D eigenvalue weighted by atomic mass is 35.5. The molecule has 1 aliphatic heterocycles. The summed E-state index contributed by atoms with van der Waals surface area (Å²) < 4.78 is 0. The van der Waals surface area contributed by atoms with E-state index in [1.165, 1.54) is 16.7 Å². The van der Waals surface area contributed by atoms with Crippen LogP contribution >= 0.6 is 11.6 Å². The molecule has 0 saturated heterocycles. The van der Waals surface area contributed by atoms with Crippen molar-refractivity contribution in [3.05, 3.63) is 41.0 Å². The Kier molecular flexibility index (Phi) is 3.81. The number of alkyl halides is 1. The van der Waals surface area contributed by atoms with Crippen molar-refractivity contribution in [3.8, 4) is 0 Å². The highest BCUT2D eigenvalue weighted by molar-refractivity contribution is 6.17. The molecule has 1 N–H and O–H groups in total. The summed E-state index contributed by atoms with van der Waals surface area (Å²) >= 11 is 5.65. The molecule has 1 heterocycles. The Labute approximate surface area is 96.1 Å². The van der Waals surface area contributed by atoms with Gasteiger partial charge in [0.2, 0.25) is 0 Å². The lowest BCUT2D eigenvalue weighted by atomic mass is 9.95. The van der Waals surface area contributed by atoms with Crippen LogP contribution in [0, 0.1) is 0 Å². The summed E-state index contributed by atoms with van der Waals surface area (Å²) in [6.45, 7) is 2.10. The van der Waals surface area contributed by atoms with Gasteiger partial charge in [-0.3, -0.25) is 0 Å². The fraction of sp³-hybridized carbons (Fsp3) is 0.385. The van der Waals surface area contributed by atoms with E-state index < -0.39 is 0 Å². The normalized spacial score (nSPS) is 15.5. The van der Waals surface area contributed by atoms with E-state index >= 15 is 0 Å². The summed E-state index contributed by atoms with van der Waals surface area (Å²) in [5.74, 6) is 0.701. The summed E-state index contributed by atoms with van der Waals surface area (Å²) in [4.78, 5) is 0. The van der Waals surface area contributed by atoms with Gasteiger partial charge in [-0.25, -0.2) is 0 Å². The molecule has 2 heteroatoms. The molecule has 0 aliphatic carbocycles. The van der Waals surface area contributed by atoms with E-state index in [9.17, 15) is 0 Å².